The lowest BCUT2D eigenvalue weighted by molar-refractivity contribution is -0.134. The lowest BCUT2D eigenvalue weighted by atomic mass is 9.78. The van der Waals surface area contributed by atoms with Gasteiger partial charge in [-0.05, 0) is 43.7 Å². The quantitative estimate of drug-likeness (QED) is 0.843. The molecule has 0 spiro atoms. The topological polar surface area (TPSA) is 58.2 Å². The number of nitrogens with zero attached hydrogens (tertiary/aromatic N) is 2. The zero-order chi connectivity index (χ0) is 17.2. The number of hydrogen-bond acceptors (Lipinski definition) is 4. The number of aromatic amines is 1. The third kappa shape index (κ3) is 3.50. The van der Waals surface area contributed by atoms with Gasteiger partial charge in [-0.1, -0.05) is 24.6 Å². The first-order valence-corrected chi connectivity index (χ1v) is 10.2. The SMILES string of the molecule is COc1ccc2nc(SCC(=O)N3CCCC4CCCCC43)[nH]c2c1. The second-order valence-corrected chi connectivity index (χ2v) is 8.02. The van der Waals surface area contributed by atoms with Crippen LogP contribution >= 0.6 is 11.8 Å². The van der Waals surface area contributed by atoms with Gasteiger partial charge in [0.15, 0.2) is 5.16 Å². The molecule has 2 heterocycles. The Labute approximate surface area is 152 Å². The summed E-state index contributed by atoms with van der Waals surface area (Å²) >= 11 is 1.50. The second-order valence-electron chi connectivity index (χ2n) is 7.05. The van der Waals surface area contributed by atoms with E-state index in [4.69, 9.17) is 4.74 Å². The van der Waals surface area contributed by atoms with Crippen LogP contribution in [-0.2, 0) is 4.79 Å². The normalized spacial score (nSPS) is 23.5. The van der Waals surface area contributed by atoms with Gasteiger partial charge in [0.2, 0.25) is 5.91 Å². The summed E-state index contributed by atoms with van der Waals surface area (Å²) in [4.78, 5) is 22.8. The Balaban J connectivity index is 1.41. The lowest BCUT2D eigenvalue weighted by Crippen LogP contribution is -2.50. The standard InChI is InChI=1S/C19H25N3O2S/c1-24-14-8-9-15-16(11-14)21-19(20-15)25-12-18(23)22-10-4-6-13-5-2-3-7-17(13)22/h8-9,11,13,17H,2-7,10,12H2,1H3,(H,20,21). The van der Waals surface area contributed by atoms with Crippen LogP contribution in [-0.4, -0.2) is 46.2 Å². The number of ether oxygens (including phenoxy) is 1. The van der Waals surface area contributed by atoms with E-state index in [0.29, 0.717) is 11.8 Å². The highest BCUT2D eigenvalue weighted by Gasteiger charge is 2.35. The maximum atomic E-state index is 12.8. The summed E-state index contributed by atoms with van der Waals surface area (Å²) in [6.07, 6.45) is 7.54. The smallest absolute Gasteiger partial charge is 0.233 e. The van der Waals surface area contributed by atoms with Crippen molar-refractivity contribution in [3.05, 3.63) is 18.2 Å². The van der Waals surface area contributed by atoms with E-state index in [1.54, 1.807) is 7.11 Å². The number of nitrogens with one attached hydrogen (secondary N) is 1. The third-order valence-electron chi connectivity index (χ3n) is 5.56. The van der Waals surface area contributed by atoms with Gasteiger partial charge in [-0.25, -0.2) is 4.98 Å². The van der Waals surface area contributed by atoms with Crippen LogP contribution in [0.5, 0.6) is 5.75 Å². The minimum absolute atomic E-state index is 0.264. The first-order chi connectivity index (χ1) is 12.2. The first-order valence-electron chi connectivity index (χ1n) is 9.20. The Morgan fingerprint density at radius 2 is 2.16 bits per heavy atom. The fourth-order valence-corrected chi connectivity index (χ4v) is 5.08. The average Bonchev–Trinajstić information content (AvgIpc) is 3.07. The Morgan fingerprint density at radius 1 is 1.32 bits per heavy atom. The number of thioether (sulfide) groups is 1. The summed E-state index contributed by atoms with van der Waals surface area (Å²) in [5, 5.41) is 0.800. The molecule has 134 valence electrons. The number of hydrogen-bond donors (Lipinski definition) is 1. The highest BCUT2D eigenvalue weighted by atomic mass is 32.2. The number of carbonyl (C=O) groups excluding carboxylic acids is 1. The number of amides is 1. The predicted molar refractivity (Wildman–Crippen MR) is 100 cm³/mol. The molecule has 1 saturated carbocycles. The van der Waals surface area contributed by atoms with Crippen molar-refractivity contribution in [2.75, 3.05) is 19.4 Å². The molecular weight excluding hydrogens is 334 g/mol. The third-order valence-corrected chi connectivity index (χ3v) is 6.42. The van der Waals surface area contributed by atoms with Crippen molar-refractivity contribution in [2.24, 2.45) is 5.92 Å². The molecule has 0 radical (unpaired) electrons. The van der Waals surface area contributed by atoms with E-state index in [2.05, 4.69) is 14.9 Å². The van der Waals surface area contributed by atoms with Crippen LogP contribution in [0.3, 0.4) is 0 Å². The predicted octanol–water partition coefficient (Wildman–Crippen LogP) is 3.84. The number of H-pyrrole nitrogens is 1. The highest BCUT2D eigenvalue weighted by molar-refractivity contribution is 7.99. The van der Waals surface area contributed by atoms with Crippen LogP contribution in [0.2, 0.25) is 0 Å². The summed E-state index contributed by atoms with van der Waals surface area (Å²) in [6.45, 7) is 0.928. The van der Waals surface area contributed by atoms with Gasteiger partial charge in [0.25, 0.3) is 0 Å². The molecule has 1 saturated heterocycles. The van der Waals surface area contributed by atoms with Crippen molar-refractivity contribution in [3.8, 4) is 5.75 Å². The monoisotopic (exact) mass is 359 g/mol. The average molecular weight is 359 g/mol. The molecule has 2 aliphatic rings. The molecule has 4 rings (SSSR count). The maximum absolute atomic E-state index is 12.8. The molecular formula is C19H25N3O2S. The van der Waals surface area contributed by atoms with Gasteiger partial charge in [0.1, 0.15) is 5.75 Å². The van der Waals surface area contributed by atoms with Crippen molar-refractivity contribution < 1.29 is 9.53 Å². The molecule has 2 fully saturated rings. The number of benzene rings is 1. The summed E-state index contributed by atoms with van der Waals surface area (Å²) in [5.74, 6) is 2.26. The van der Waals surface area contributed by atoms with E-state index < -0.39 is 0 Å². The number of piperidine rings is 1. The molecule has 5 nitrogen and oxygen atoms in total. The Morgan fingerprint density at radius 3 is 3.04 bits per heavy atom. The number of methoxy groups -OCH3 is 1. The van der Waals surface area contributed by atoms with Crippen LogP contribution in [0.25, 0.3) is 11.0 Å². The first kappa shape index (κ1) is 16.8. The fraction of sp³-hybridized carbons (Fsp3) is 0.579. The molecule has 1 aliphatic carbocycles. The van der Waals surface area contributed by atoms with Gasteiger partial charge < -0.3 is 14.6 Å². The molecule has 2 unspecified atom stereocenters. The van der Waals surface area contributed by atoms with Crippen LogP contribution in [0.4, 0.5) is 0 Å². The summed E-state index contributed by atoms with van der Waals surface area (Å²) in [7, 11) is 1.66. The number of likely N-dealkylation sites (tertiary alicyclic amines) is 1. The van der Waals surface area contributed by atoms with Crippen molar-refractivity contribution in [1.29, 1.82) is 0 Å². The van der Waals surface area contributed by atoms with Gasteiger partial charge in [0, 0.05) is 18.7 Å². The van der Waals surface area contributed by atoms with Crippen LogP contribution in [0.15, 0.2) is 23.4 Å². The molecule has 1 N–H and O–H groups in total. The maximum Gasteiger partial charge on any atom is 0.233 e. The van der Waals surface area contributed by atoms with E-state index in [-0.39, 0.29) is 5.91 Å². The molecule has 1 aromatic heterocycles. The van der Waals surface area contributed by atoms with Crippen LogP contribution < -0.4 is 4.74 Å². The molecule has 2 aromatic rings. The van der Waals surface area contributed by atoms with Gasteiger partial charge in [-0.3, -0.25) is 4.79 Å². The van der Waals surface area contributed by atoms with Crippen molar-refractivity contribution in [1.82, 2.24) is 14.9 Å². The lowest BCUT2D eigenvalue weighted by Gasteiger charge is -2.44. The Kier molecular flexibility index (Phi) is 4.88. The minimum atomic E-state index is 0.264. The van der Waals surface area contributed by atoms with Gasteiger partial charge in [-0.2, -0.15) is 0 Å². The molecule has 1 aromatic carbocycles. The molecule has 1 aliphatic heterocycles. The number of rotatable bonds is 4. The van der Waals surface area contributed by atoms with Crippen molar-refractivity contribution in [2.45, 2.75) is 49.7 Å². The van der Waals surface area contributed by atoms with E-state index in [9.17, 15) is 4.79 Å². The highest BCUT2D eigenvalue weighted by Crippen LogP contribution is 2.35. The van der Waals surface area contributed by atoms with E-state index in [1.807, 2.05) is 18.2 Å². The Hall–Kier alpha value is -1.69. The van der Waals surface area contributed by atoms with Crippen molar-refractivity contribution in [3.63, 3.8) is 0 Å². The minimum Gasteiger partial charge on any atom is -0.497 e. The number of carbonyl (C=O) groups is 1. The largest absolute Gasteiger partial charge is 0.497 e. The molecule has 0 bridgehead atoms. The molecule has 25 heavy (non-hydrogen) atoms. The summed E-state index contributed by atoms with van der Waals surface area (Å²) in [5.41, 5.74) is 1.85. The van der Waals surface area contributed by atoms with Gasteiger partial charge in [0.05, 0.1) is 23.9 Å². The van der Waals surface area contributed by atoms with Gasteiger partial charge in [-0.15, -0.1) is 0 Å². The molecule has 1 amide bonds. The summed E-state index contributed by atoms with van der Waals surface area (Å²) in [6, 6.07) is 6.26. The zero-order valence-corrected chi connectivity index (χ0v) is 15.5. The molecule has 6 heteroatoms. The Bertz CT molecular complexity index is 758. The van der Waals surface area contributed by atoms with Crippen molar-refractivity contribution >= 4 is 28.7 Å². The van der Waals surface area contributed by atoms with E-state index in [1.165, 1.54) is 43.9 Å². The van der Waals surface area contributed by atoms with Crippen LogP contribution in [0.1, 0.15) is 38.5 Å². The second kappa shape index (κ2) is 7.28. The fourth-order valence-electron chi connectivity index (χ4n) is 4.31. The van der Waals surface area contributed by atoms with E-state index in [0.717, 1.165) is 40.8 Å². The zero-order valence-electron chi connectivity index (χ0n) is 14.7. The number of aromatic nitrogens is 2. The molecule has 2 atom stereocenters. The number of imidazole rings is 1. The van der Waals surface area contributed by atoms with Gasteiger partial charge >= 0.3 is 0 Å². The van der Waals surface area contributed by atoms with Crippen LogP contribution in [0, 0.1) is 5.92 Å². The summed E-state index contributed by atoms with van der Waals surface area (Å²) < 4.78 is 5.24. The van der Waals surface area contributed by atoms with E-state index >= 15 is 0 Å². The number of fused-ring (bicyclic) bond motifs is 2.